The van der Waals surface area contributed by atoms with Crippen LogP contribution in [0.15, 0.2) is 53.6 Å². The summed E-state index contributed by atoms with van der Waals surface area (Å²) in [5, 5.41) is 0.940. The normalized spacial score (nSPS) is 18.1. The molecule has 2 aliphatic heterocycles. The number of rotatable bonds is 1. The average Bonchev–Trinajstić information content (AvgIpc) is 2.68. The van der Waals surface area contributed by atoms with Crippen LogP contribution < -0.4 is 9.62 Å². The van der Waals surface area contributed by atoms with E-state index < -0.39 is 10.0 Å². The van der Waals surface area contributed by atoms with Crippen LogP contribution in [0.5, 0.6) is 0 Å². The molecule has 0 radical (unpaired) electrons. The van der Waals surface area contributed by atoms with Crippen molar-refractivity contribution in [3.8, 4) is 11.1 Å². The van der Waals surface area contributed by atoms with Crippen LogP contribution in [-0.4, -0.2) is 39.7 Å². The molecule has 1 N–H and O–H groups in total. The smallest absolute Gasteiger partial charge is 0.262 e. The van der Waals surface area contributed by atoms with Gasteiger partial charge in [0.2, 0.25) is 0 Å². The van der Waals surface area contributed by atoms with E-state index in [-0.39, 0.29) is 0 Å². The zero-order valence-corrected chi connectivity index (χ0v) is 14.8. The summed E-state index contributed by atoms with van der Waals surface area (Å²) in [5.41, 5.74) is 3.86. The minimum Gasteiger partial charge on any atom is -0.378 e. The maximum absolute atomic E-state index is 12.7. The number of morpholine rings is 1. The molecule has 6 nitrogen and oxygen atoms in total. The maximum atomic E-state index is 12.7. The van der Waals surface area contributed by atoms with Crippen molar-refractivity contribution in [2.75, 3.05) is 35.9 Å². The molecule has 3 aromatic rings. The first kappa shape index (κ1) is 15.6. The van der Waals surface area contributed by atoms with Crippen LogP contribution in [0.25, 0.3) is 22.0 Å². The fourth-order valence-corrected chi connectivity index (χ4v) is 5.03. The van der Waals surface area contributed by atoms with Crippen molar-refractivity contribution < 1.29 is 13.2 Å². The summed E-state index contributed by atoms with van der Waals surface area (Å²) >= 11 is 0. The Morgan fingerprint density at radius 2 is 1.85 bits per heavy atom. The van der Waals surface area contributed by atoms with Gasteiger partial charge in [0.05, 0.1) is 29.3 Å². The van der Waals surface area contributed by atoms with Crippen molar-refractivity contribution in [1.29, 1.82) is 0 Å². The Kier molecular flexibility index (Phi) is 3.41. The second-order valence-electron chi connectivity index (χ2n) is 6.42. The van der Waals surface area contributed by atoms with Gasteiger partial charge in [-0.15, -0.1) is 0 Å². The van der Waals surface area contributed by atoms with Crippen LogP contribution in [0, 0.1) is 0 Å². The highest BCUT2D eigenvalue weighted by Crippen LogP contribution is 2.45. The number of aromatic nitrogens is 1. The molecule has 132 valence electrons. The van der Waals surface area contributed by atoms with Crippen LogP contribution in [0.2, 0.25) is 0 Å². The Balaban J connectivity index is 1.84. The molecule has 2 aliphatic rings. The van der Waals surface area contributed by atoms with Crippen LogP contribution in [0.1, 0.15) is 0 Å². The Morgan fingerprint density at radius 3 is 2.69 bits per heavy atom. The SMILES string of the molecule is O=S1(=O)Nc2c(cc(N3CCOCC3)c3cccnc23)-c2ccccc21. The highest BCUT2D eigenvalue weighted by molar-refractivity contribution is 7.93. The number of fused-ring (bicyclic) bond motifs is 5. The lowest BCUT2D eigenvalue weighted by Gasteiger charge is -2.32. The van der Waals surface area contributed by atoms with Gasteiger partial charge in [-0.3, -0.25) is 9.71 Å². The fourth-order valence-electron chi connectivity index (χ4n) is 3.72. The topological polar surface area (TPSA) is 71.5 Å². The number of sulfonamides is 1. The second kappa shape index (κ2) is 5.69. The van der Waals surface area contributed by atoms with Crippen molar-refractivity contribution in [2.24, 2.45) is 0 Å². The van der Waals surface area contributed by atoms with E-state index in [4.69, 9.17) is 4.74 Å². The molecular formula is C19H17N3O3S. The molecule has 1 aromatic heterocycles. The highest BCUT2D eigenvalue weighted by atomic mass is 32.2. The third-order valence-corrected chi connectivity index (χ3v) is 6.33. The average molecular weight is 367 g/mol. The van der Waals surface area contributed by atoms with E-state index in [1.807, 2.05) is 24.3 Å². The number of benzene rings is 2. The molecule has 1 saturated heterocycles. The van der Waals surface area contributed by atoms with Gasteiger partial charge in [-0.25, -0.2) is 8.42 Å². The molecule has 0 aliphatic carbocycles. The largest absolute Gasteiger partial charge is 0.378 e. The van der Waals surface area contributed by atoms with Gasteiger partial charge in [0.25, 0.3) is 10.0 Å². The molecular weight excluding hydrogens is 350 g/mol. The number of anilines is 2. The number of nitrogens with zero attached hydrogens (tertiary/aromatic N) is 2. The van der Waals surface area contributed by atoms with Gasteiger partial charge in [0, 0.05) is 41.5 Å². The lowest BCUT2D eigenvalue weighted by molar-refractivity contribution is 0.123. The minimum atomic E-state index is -3.61. The standard InChI is InChI=1S/C19H17N3O3S/c23-26(24)17-6-2-1-4-13(17)15-12-16(22-8-10-25-11-9-22)14-5-3-7-20-18(14)19(15)21-26/h1-7,12,21H,8-11H2. The summed E-state index contributed by atoms with van der Waals surface area (Å²) in [6.07, 6.45) is 1.69. The van der Waals surface area contributed by atoms with E-state index in [9.17, 15) is 8.42 Å². The van der Waals surface area contributed by atoms with Crippen molar-refractivity contribution in [3.05, 3.63) is 48.7 Å². The van der Waals surface area contributed by atoms with Gasteiger partial charge in [-0.05, 0) is 24.3 Å². The molecule has 7 heteroatoms. The quantitative estimate of drug-likeness (QED) is 0.716. The van der Waals surface area contributed by atoms with Crippen LogP contribution in [0.3, 0.4) is 0 Å². The van der Waals surface area contributed by atoms with Crippen LogP contribution in [0.4, 0.5) is 11.4 Å². The first-order valence-electron chi connectivity index (χ1n) is 8.52. The molecule has 0 unspecified atom stereocenters. The summed E-state index contributed by atoms with van der Waals surface area (Å²) in [4.78, 5) is 7.08. The van der Waals surface area contributed by atoms with E-state index >= 15 is 0 Å². The third-order valence-electron chi connectivity index (χ3n) is 4.93. The van der Waals surface area contributed by atoms with Crippen molar-refractivity contribution in [3.63, 3.8) is 0 Å². The molecule has 5 rings (SSSR count). The van der Waals surface area contributed by atoms with Gasteiger partial charge < -0.3 is 9.64 Å². The summed E-state index contributed by atoms with van der Waals surface area (Å²) in [6.45, 7) is 2.97. The van der Waals surface area contributed by atoms with Crippen molar-refractivity contribution in [2.45, 2.75) is 4.90 Å². The summed E-state index contributed by atoms with van der Waals surface area (Å²) in [6, 6.07) is 13.0. The van der Waals surface area contributed by atoms with Gasteiger partial charge >= 0.3 is 0 Å². The highest BCUT2D eigenvalue weighted by Gasteiger charge is 2.30. The minimum absolute atomic E-state index is 0.302. The predicted octanol–water partition coefficient (Wildman–Crippen LogP) is 2.85. The van der Waals surface area contributed by atoms with Gasteiger partial charge in [-0.1, -0.05) is 18.2 Å². The van der Waals surface area contributed by atoms with Gasteiger partial charge in [-0.2, -0.15) is 0 Å². The van der Waals surface area contributed by atoms with E-state index in [0.29, 0.717) is 34.9 Å². The zero-order chi connectivity index (χ0) is 17.7. The first-order chi connectivity index (χ1) is 12.6. The van der Waals surface area contributed by atoms with Gasteiger partial charge in [0.1, 0.15) is 0 Å². The third kappa shape index (κ3) is 2.28. The Hall–Kier alpha value is -2.64. The lowest BCUT2D eigenvalue weighted by atomic mass is 9.98. The van der Waals surface area contributed by atoms with E-state index in [1.54, 1.807) is 18.3 Å². The Labute approximate surface area is 151 Å². The number of pyridine rings is 1. The molecule has 2 aromatic carbocycles. The predicted molar refractivity (Wildman–Crippen MR) is 101 cm³/mol. The lowest BCUT2D eigenvalue weighted by Crippen LogP contribution is -2.36. The molecule has 3 heterocycles. The number of ether oxygens (including phenoxy) is 1. The number of nitrogens with one attached hydrogen (secondary N) is 1. The van der Waals surface area contributed by atoms with E-state index in [2.05, 4.69) is 20.7 Å². The number of hydrogen-bond acceptors (Lipinski definition) is 5. The summed E-state index contributed by atoms with van der Waals surface area (Å²) in [7, 11) is -3.61. The first-order valence-corrected chi connectivity index (χ1v) is 10.0. The molecule has 0 spiro atoms. The molecule has 26 heavy (non-hydrogen) atoms. The maximum Gasteiger partial charge on any atom is 0.262 e. The van der Waals surface area contributed by atoms with Gasteiger partial charge in [0.15, 0.2) is 0 Å². The summed E-state index contributed by atoms with van der Waals surface area (Å²) in [5.74, 6) is 0. The molecule has 0 saturated carbocycles. The molecule has 0 bridgehead atoms. The summed E-state index contributed by atoms with van der Waals surface area (Å²) < 4.78 is 33.6. The molecule has 0 atom stereocenters. The zero-order valence-electron chi connectivity index (χ0n) is 14.0. The Morgan fingerprint density at radius 1 is 1.04 bits per heavy atom. The van der Waals surface area contributed by atoms with Crippen LogP contribution in [-0.2, 0) is 14.8 Å². The molecule has 0 amide bonds. The van der Waals surface area contributed by atoms with Crippen LogP contribution >= 0.6 is 0 Å². The Bertz CT molecular complexity index is 1120. The van der Waals surface area contributed by atoms with Crippen molar-refractivity contribution >= 4 is 32.3 Å². The monoisotopic (exact) mass is 367 g/mol. The van der Waals surface area contributed by atoms with E-state index in [0.717, 1.165) is 29.7 Å². The second-order valence-corrected chi connectivity index (χ2v) is 8.07. The van der Waals surface area contributed by atoms with E-state index in [1.165, 1.54) is 0 Å². The molecule has 1 fully saturated rings. The number of hydrogen-bond donors (Lipinski definition) is 1. The van der Waals surface area contributed by atoms with Crippen molar-refractivity contribution in [1.82, 2.24) is 4.98 Å². The fraction of sp³-hybridized carbons (Fsp3) is 0.211.